The van der Waals surface area contributed by atoms with E-state index >= 15 is 0 Å². The van der Waals surface area contributed by atoms with Gasteiger partial charge in [-0.05, 0) is 42.2 Å². The second kappa shape index (κ2) is 6.24. The standard InChI is InChI=1S/C15H18O3S/c1-2-13(16)11-3-4-14-12(9-11)7-10(5-6-19-14)8-15(17)18/h3-4,9-10H,2,5-8H2,1H3,(H,17,18). The number of aliphatic carboxylic acids is 1. The van der Waals surface area contributed by atoms with E-state index < -0.39 is 5.97 Å². The summed E-state index contributed by atoms with van der Waals surface area (Å²) in [6.07, 6.45) is 2.40. The molecule has 0 amide bonds. The van der Waals surface area contributed by atoms with Crippen LogP contribution in [-0.2, 0) is 11.2 Å². The van der Waals surface area contributed by atoms with Gasteiger partial charge in [-0.3, -0.25) is 9.59 Å². The Bertz CT molecular complexity index is 496. The molecule has 1 heterocycles. The Hall–Kier alpha value is -1.29. The van der Waals surface area contributed by atoms with Crippen LogP contribution in [0.25, 0.3) is 0 Å². The summed E-state index contributed by atoms with van der Waals surface area (Å²) in [5.74, 6) is 0.538. The number of hydrogen-bond donors (Lipinski definition) is 1. The van der Waals surface area contributed by atoms with E-state index in [0.717, 1.165) is 29.7 Å². The monoisotopic (exact) mass is 278 g/mol. The summed E-state index contributed by atoms with van der Waals surface area (Å²) in [7, 11) is 0. The van der Waals surface area contributed by atoms with Crippen molar-refractivity contribution in [2.75, 3.05) is 5.75 Å². The van der Waals surface area contributed by atoms with Crippen molar-refractivity contribution in [2.45, 2.75) is 37.5 Å². The van der Waals surface area contributed by atoms with E-state index in [1.54, 1.807) is 11.8 Å². The van der Waals surface area contributed by atoms with E-state index in [4.69, 9.17) is 5.11 Å². The van der Waals surface area contributed by atoms with Crippen LogP contribution in [0.15, 0.2) is 23.1 Å². The summed E-state index contributed by atoms with van der Waals surface area (Å²) >= 11 is 1.76. The van der Waals surface area contributed by atoms with E-state index in [1.807, 2.05) is 25.1 Å². The van der Waals surface area contributed by atoms with E-state index in [9.17, 15) is 9.59 Å². The number of carbonyl (C=O) groups is 2. The number of benzene rings is 1. The zero-order valence-corrected chi connectivity index (χ0v) is 11.8. The number of ketones is 1. The lowest BCUT2D eigenvalue weighted by Gasteiger charge is -2.12. The Labute approximate surface area is 117 Å². The van der Waals surface area contributed by atoms with Gasteiger partial charge in [0, 0.05) is 23.3 Å². The van der Waals surface area contributed by atoms with E-state index in [-0.39, 0.29) is 18.1 Å². The van der Waals surface area contributed by atoms with Crippen molar-refractivity contribution >= 4 is 23.5 Å². The van der Waals surface area contributed by atoms with Gasteiger partial charge in [-0.25, -0.2) is 0 Å². The molecule has 1 N–H and O–H groups in total. The van der Waals surface area contributed by atoms with Crippen molar-refractivity contribution in [3.8, 4) is 0 Å². The highest BCUT2D eigenvalue weighted by atomic mass is 32.2. The van der Waals surface area contributed by atoms with Crippen LogP contribution >= 0.6 is 11.8 Å². The van der Waals surface area contributed by atoms with Crippen molar-refractivity contribution in [1.82, 2.24) is 0 Å². The molecule has 1 aliphatic rings. The van der Waals surface area contributed by atoms with E-state index in [1.165, 1.54) is 4.90 Å². The van der Waals surface area contributed by atoms with E-state index in [2.05, 4.69) is 0 Å². The van der Waals surface area contributed by atoms with Gasteiger partial charge in [0.2, 0.25) is 0 Å². The van der Waals surface area contributed by atoms with Crippen molar-refractivity contribution in [3.05, 3.63) is 29.3 Å². The number of carboxylic acid groups (broad SMARTS) is 1. The fourth-order valence-electron chi connectivity index (χ4n) is 2.43. The Kier molecular flexibility index (Phi) is 4.64. The van der Waals surface area contributed by atoms with Gasteiger partial charge in [-0.2, -0.15) is 0 Å². The molecule has 102 valence electrons. The van der Waals surface area contributed by atoms with Crippen LogP contribution in [0.1, 0.15) is 42.1 Å². The zero-order chi connectivity index (χ0) is 13.8. The molecule has 0 bridgehead atoms. The highest BCUT2D eigenvalue weighted by Gasteiger charge is 2.20. The van der Waals surface area contributed by atoms with Crippen molar-refractivity contribution < 1.29 is 14.7 Å². The minimum Gasteiger partial charge on any atom is -0.481 e. The first-order valence-corrected chi connectivity index (χ1v) is 7.59. The molecule has 0 radical (unpaired) electrons. The van der Waals surface area contributed by atoms with Crippen LogP contribution in [-0.4, -0.2) is 22.6 Å². The van der Waals surface area contributed by atoms with Gasteiger partial charge < -0.3 is 5.11 Å². The molecular formula is C15H18O3S. The molecule has 0 spiro atoms. The summed E-state index contributed by atoms with van der Waals surface area (Å²) in [6, 6.07) is 5.84. The predicted molar refractivity (Wildman–Crippen MR) is 75.9 cm³/mol. The first kappa shape index (κ1) is 14.1. The maximum atomic E-state index is 11.7. The number of thioether (sulfide) groups is 1. The molecule has 4 heteroatoms. The first-order valence-electron chi connectivity index (χ1n) is 6.61. The SMILES string of the molecule is CCC(=O)c1ccc2c(c1)CC(CC(=O)O)CCS2. The number of Topliss-reactive ketones (excluding diaryl/α,β-unsaturated/α-hetero) is 1. The summed E-state index contributed by atoms with van der Waals surface area (Å²) in [5, 5.41) is 8.93. The molecule has 0 aliphatic carbocycles. The molecule has 3 nitrogen and oxygen atoms in total. The third-order valence-corrected chi connectivity index (χ3v) is 4.61. The molecule has 0 fully saturated rings. The first-order chi connectivity index (χ1) is 9.10. The largest absolute Gasteiger partial charge is 0.481 e. The third kappa shape index (κ3) is 3.60. The summed E-state index contributed by atoms with van der Waals surface area (Å²) in [4.78, 5) is 23.8. The summed E-state index contributed by atoms with van der Waals surface area (Å²) in [6.45, 7) is 1.86. The molecular weight excluding hydrogens is 260 g/mol. The van der Waals surface area contributed by atoms with Crippen molar-refractivity contribution in [2.24, 2.45) is 5.92 Å². The van der Waals surface area contributed by atoms with Gasteiger partial charge in [-0.1, -0.05) is 13.0 Å². The van der Waals surface area contributed by atoms with Gasteiger partial charge >= 0.3 is 5.97 Å². The van der Waals surface area contributed by atoms with Gasteiger partial charge in [0.1, 0.15) is 0 Å². The number of hydrogen-bond acceptors (Lipinski definition) is 3. The molecule has 1 aliphatic heterocycles. The minimum absolute atomic E-state index is 0.145. The molecule has 19 heavy (non-hydrogen) atoms. The van der Waals surface area contributed by atoms with E-state index in [0.29, 0.717) is 6.42 Å². The van der Waals surface area contributed by atoms with Crippen molar-refractivity contribution in [3.63, 3.8) is 0 Å². The van der Waals surface area contributed by atoms with Gasteiger partial charge in [0.05, 0.1) is 0 Å². The topological polar surface area (TPSA) is 54.4 Å². The zero-order valence-electron chi connectivity index (χ0n) is 11.0. The predicted octanol–water partition coefficient (Wildman–Crippen LogP) is 3.41. The molecule has 1 unspecified atom stereocenters. The lowest BCUT2D eigenvalue weighted by Crippen LogP contribution is -2.11. The van der Waals surface area contributed by atoms with Gasteiger partial charge in [-0.15, -0.1) is 11.8 Å². The Morgan fingerprint density at radius 1 is 1.42 bits per heavy atom. The minimum atomic E-state index is -0.737. The Morgan fingerprint density at radius 3 is 2.89 bits per heavy atom. The van der Waals surface area contributed by atoms with Crippen LogP contribution < -0.4 is 0 Å². The van der Waals surface area contributed by atoms with Gasteiger partial charge in [0.25, 0.3) is 0 Å². The maximum Gasteiger partial charge on any atom is 0.303 e. The van der Waals surface area contributed by atoms with Crippen LogP contribution in [0.3, 0.4) is 0 Å². The molecule has 1 aromatic carbocycles. The van der Waals surface area contributed by atoms with Crippen LogP contribution in [0.5, 0.6) is 0 Å². The van der Waals surface area contributed by atoms with Crippen molar-refractivity contribution in [1.29, 1.82) is 0 Å². The average Bonchev–Trinajstić information content (AvgIpc) is 2.57. The fraction of sp³-hybridized carbons (Fsp3) is 0.467. The van der Waals surface area contributed by atoms with Crippen LogP contribution in [0.2, 0.25) is 0 Å². The molecule has 0 saturated carbocycles. The molecule has 0 aromatic heterocycles. The molecule has 1 aromatic rings. The van der Waals surface area contributed by atoms with Crippen LogP contribution in [0, 0.1) is 5.92 Å². The number of fused-ring (bicyclic) bond motifs is 1. The average molecular weight is 278 g/mol. The maximum absolute atomic E-state index is 11.7. The molecule has 1 atom stereocenters. The highest BCUT2D eigenvalue weighted by molar-refractivity contribution is 7.99. The normalized spacial score (nSPS) is 18.5. The quantitative estimate of drug-likeness (QED) is 0.858. The molecule has 0 saturated heterocycles. The molecule has 2 rings (SSSR count). The smallest absolute Gasteiger partial charge is 0.303 e. The Morgan fingerprint density at radius 2 is 2.21 bits per heavy atom. The number of carbonyl (C=O) groups excluding carboxylic acids is 1. The summed E-state index contributed by atoms with van der Waals surface area (Å²) in [5.41, 5.74) is 1.88. The van der Waals surface area contributed by atoms with Crippen LogP contribution in [0.4, 0.5) is 0 Å². The fourth-order valence-corrected chi connectivity index (χ4v) is 3.59. The number of rotatable bonds is 4. The highest BCUT2D eigenvalue weighted by Crippen LogP contribution is 2.33. The second-order valence-electron chi connectivity index (χ2n) is 4.90. The van der Waals surface area contributed by atoms with Gasteiger partial charge in [0.15, 0.2) is 5.78 Å². The second-order valence-corrected chi connectivity index (χ2v) is 6.04. The third-order valence-electron chi connectivity index (χ3n) is 3.46. The number of carboxylic acids is 1. The summed E-state index contributed by atoms with van der Waals surface area (Å²) < 4.78 is 0. The Balaban J connectivity index is 2.23. The lowest BCUT2D eigenvalue weighted by molar-refractivity contribution is -0.138. The lowest BCUT2D eigenvalue weighted by atomic mass is 9.92.